The Balaban J connectivity index is 1.64. The molecule has 1 N–H and O–H groups in total. The van der Waals surface area contributed by atoms with Crippen molar-refractivity contribution in [2.75, 3.05) is 6.54 Å². The molecule has 14 heavy (non-hydrogen) atoms. The fourth-order valence-electron chi connectivity index (χ4n) is 3.05. The molecular formula is C13H25N. The first-order valence-electron chi connectivity index (χ1n) is 6.63. The second-order valence-corrected chi connectivity index (χ2v) is 5.26. The summed E-state index contributed by atoms with van der Waals surface area (Å²) in [6.45, 7) is 3.48. The lowest BCUT2D eigenvalue weighted by molar-refractivity contribution is 0.147. The van der Waals surface area contributed by atoms with E-state index in [-0.39, 0.29) is 0 Å². The van der Waals surface area contributed by atoms with Gasteiger partial charge in [0.25, 0.3) is 0 Å². The molecular weight excluding hydrogens is 170 g/mol. The monoisotopic (exact) mass is 195 g/mol. The molecule has 1 nitrogen and oxygen atoms in total. The van der Waals surface area contributed by atoms with Crippen molar-refractivity contribution < 1.29 is 0 Å². The van der Waals surface area contributed by atoms with Gasteiger partial charge in [0.15, 0.2) is 0 Å². The molecule has 0 heterocycles. The molecule has 2 rings (SSSR count). The van der Waals surface area contributed by atoms with Crippen LogP contribution in [0.1, 0.15) is 58.3 Å². The first kappa shape index (κ1) is 10.5. The van der Waals surface area contributed by atoms with Crippen LogP contribution in [0, 0.1) is 11.8 Å². The minimum atomic E-state index is 0.853. The molecule has 0 aromatic carbocycles. The number of rotatable bonds is 4. The van der Waals surface area contributed by atoms with Gasteiger partial charge >= 0.3 is 0 Å². The van der Waals surface area contributed by atoms with E-state index in [0.717, 1.165) is 17.9 Å². The smallest absolute Gasteiger partial charge is 0.00672 e. The van der Waals surface area contributed by atoms with E-state index in [2.05, 4.69) is 12.2 Å². The lowest BCUT2D eigenvalue weighted by atomic mass is 9.69. The molecule has 2 fully saturated rings. The van der Waals surface area contributed by atoms with Crippen LogP contribution in [0.3, 0.4) is 0 Å². The minimum absolute atomic E-state index is 0.853. The van der Waals surface area contributed by atoms with Crippen LogP contribution in [0.25, 0.3) is 0 Å². The molecule has 0 unspecified atom stereocenters. The molecule has 82 valence electrons. The highest BCUT2D eigenvalue weighted by atomic mass is 14.9. The Kier molecular flexibility index (Phi) is 3.86. The summed E-state index contributed by atoms with van der Waals surface area (Å²) in [7, 11) is 0. The maximum absolute atomic E-state index is 3.67. The number of hydrogen-bond acceptors (Lipinski definition) is 1. The van der Waals surface area contributed by atoms with Crippen LogP contribution in [-0.4, -0.2) is 12.6 Å². The zero-order valence-corrected chi connectivity index (χ0v) is 9.60. The van der Waals surface area contributed by atoms with Gasteiger partial charge in [-0.05, 0) is 50.5 Å². The van der Waals surface area contributed by atoms with Gasteiger partial charge in [-0.1, -0.05) is 26.2 Å². The van der Waals surface area contributed by atoms with Gasteiger partial charge < -0.3 is 5.32 Å². The Morgan fingerprint density at radius 2 is 1.57 bits per heavy atom. The van der Waals surface area contributed by atoms with E-state index in [9.17, 15) is 0 Å². The second kappa shape index (κ2) is 5.16. The van der Waals surface area contributed by atoms with Crippen LogP contribution < -0.4 is 5.32 Å². The first-order valence-corrected chi connectivity index (χ1v) is 6.63. The summed E-state index contributed by atoms with van der Waals surface area (Å²) in [6.07, 6.45) is 11.8. The van der Waals surface area contributed by atoms with Crippen LogP contribution in [0.5, 0.6) is 0 Å². The predicted octanol–water partition coefficient (Wildman–Crippen LogP) is 3.34. The summed E-state index contributed by atoms with van der Waals surface area (Å²) in [5.41, 5.74) is 0. The molecule has 1 heteroatoms. The van der Waals surface area contributed by atoms with Crippen LogP contribution in [0.15, 0.2) is 0 Å². The summed E-state index contributed by atoms with van der Waals surface area (Å²) < 4.78 is 0. The molecule has 0 spiro atoms. The highest BCUT2D eigenvalue weighted by Gasteiger charge is 2.30. The van der Waals surface area contributed by atoms with E-state index in [4.69, 9.17) is 0 Å². The third kappa shape index (κ3) is 2.50. The summed E-state index contributed by atoms with van der Waals surface area (Å²) in [6, 6.07) is 0.853. The molecule has 2 saturated carbocycles. The highest BCUT2D eigenvalue weighted by Crippen LogP contribution is 2.40. The molecule has 0 radical (unpaired) electrons. The van der Waals surface area contributed by atoms with E-state index in [1.807, 2.05) is 0 Å². The number of nitrogens with one attached hydrogen (secondary N) is 1. The maximum Gasteiger partial charge on any atom is 0.00672 e. The van der Waals surface area contributed by atoms with E-state index < -0.39 is 0 Å². The zero-order valence-electron chi connectivity index (χ0n) is 9.60. The zero-order chi connectivity index (χ0) is 9.80. The van der Waals surface area contributed by atoms with Gasteiger partial charge in [-0.3, -0.25) is 0 Å². The van der Waals surface area contributed by atoms with Crippen molar-refractivity contribution in [2.24, 2.45) is 11.8 Å². The summed E-state index contributed by atoms with van der Waals surface area (Å²) in [5.74, 6) is 2.23. The van der Waals surface area contributed by atoms with Gasteiger partial charge in [-0.25, -0.2) is 0 Å². The molecule has 0 aliphatic heterocycles. The second-order valence-electron chi connectivity index (χ2n) is 5.26. The van der Waals surface area contributed by atoms with Gasteiger partial charge in [-0.2, -0.15) is 0 Å². The Morgan fingerprint density at radius 3 is 2.07 bits per heavy atom. The molecule has 0 aromatic rings. The largest absolute Gasteiger partial charge is 0.314 e. The Morgan fingerprint density at radius 1 is 0.929 bits per heavy atom. The van der Waals surface area contributed by atoms with Gasteiger partial charge in [0, 0.05) is 6.04 Å². The maximum atomic E-state index is 3.67. The van der Waals surface area contributed by atoms with Gasteiger partial charge in [0.2, 0.25) is 0 Å². The molecule has 0 atom stereocenters. The normalized spacial score (nSPS) is 34.1. The van der Waals surface area contributed by atoms with Crippen LogP contribution in [0.4, 0.5) is 0 Å². The third-order valence-corrected chi connectivity index (χ3v) is 4.27. The Hall–Kier alpha value is -0.0400. The van der Waals surface area contributed by atoms with Crippen molar-refractivity contribution in [1.29, 1.82) is 0 Å². The number of hydrogen-bond donors (Lipinski definition) is 1. The lowest BCUT2D eigenvalue weighted by Crippen LogP contribution is -2.36. The van der Waals surface area contributed by atoms with Crippen molar-refractivity contribution in [3.8, 4) is 0 Å². The van der Waals surface area contributed by atoms with Crippen LogP contribution in [0.2, 0.25) is 0 Å². The average molecular weight is 195 g/mol. The molecule has 0 bridgehead atoms. The van der Waals surface area contributed by atoms with Gasteiger partial charge in [0.05, 0.1) is 0 Å². The third-order valence-electron chi connectivity index (χ3n) is 4.27. The summed E-state index contributed by atoms with van der Waals surface area (Å²) >= 11 is 0. The van der Waals surface area contributed by atoms with Crippen molar-refractivity contribution in [3.05, 3.63) is 0 Å². The first-order chi connectivity index (χ1) is 6.90. The molecule has 0 amide bonds. The van der Waals surface area contributed by atoms with E-state index in [1.54, 1.807) is 0 Å². The van der Waals surface area contributed by atoms with Crippen molar-refractivity contribution in [3.63, 3.8) is 0 Å². The standard InChI is InChI=1S/C13H25N/c1-2-10-14-13-8-6-12(7-9-13)11-4-3-5-11/h11-14H,2-10H2,1H3. The van der Waals surface area contributed by atoms with Crippen LogP contribution >= 0.6 is 0 Å². The Bertz CT molecular complexity index is 155. The van der Waals surface area contributed by atoms with Crippen molar-refractivity contribution in [1.82, 2.24) is 5.32 Å². The van der Waals surface area contributed by atoms with Crippen molar-refractivity contribution in [2.45, 2.75) is 64.3 Å². The minimum Gasteiger partial charge on any atom is -0.314 e. The topological polar surface area (TPSA) is 12.0 Å². The Labute approximate surface area is 88.7 Å². The lowest BCUT2D eigenvalue weighted by Gasteiger charge is -2.38. The van der Waals surface area contributed by atoms with E-state index in [1.165, 1.54) is 57.9 Å². The molecule has 0 saturated heterocycles. The van der Waals surface area contributed by atoms with Gasteiger partial charge in [0.1, 0.15) is 0 Å². The summed E-state index contributed by atoms with van der Waals surface area (Å²) in [5, 5.41) is 3.67. The molecule has 2 aliphatic rings. The van der Waals surface area contributed by atoms with Crippen molar-refractivity contribution >= 4 is 0 Å². The average Bonchev–Trinajstić information content (AvgIpc) is 2.14. The SMILES string of the molecule is CCCNC1CCC(C2CCC2)CC1. The fourth-order valence-corrected chi connectivity index (χ4v) is 3.05. The molecule has 2 aliphatic carbocycles. The highest BCUT2D eigenvalue weighted by molar-refractivity contribution is 4.84. The predicted molar refractivity (Wildman–Crippen MR) is 61.4 cm³/mol. The summed E-state index contributed by atoms with van der Waals surface area (Å²) in [4.78, 5) is 0. The van der Waals surface area contributed by atoms with Gasteiger partial charge in [-0.15, -0.1) is 0 Å². The molecule has 0 aromatic heterocycles. The quantitative estimate of drug-likeness (QED) is 0.725. The fraction of sp³-hybridized carbons (Fsp3) is 1.00. The van der Waals surface area contributed by atoms with E-state index >= 15 is 0 Å². The van der Waals surface area contributed by atoms with Crippen LogP contribution in [-0.2, 0) is 0 Å². The van der Waals surface area contributed by atoms with E-state index in [0.29, 0.717) is 0 Å².